The van der Waals surface area contributed by atoms with E-state index < -0.39 is 0 Å². The van der Waals surface area contributed by atoms with Gasteiger partial charge in [-0.1, -0.05) is 108 Å². The maximum Gasteiger partial charge on any atom is 0.0462 e. The first-order valence-electron chi connectivity index (χ1n) is 16.9. The number of benzene rings is 6. The van der Waals surface area contributed by atoms with Gasteiger partial charge in [0.2, 0.25) is 0 Å². The molecule has 0 aliphatic rings. The van der Waals surface area contributed by atoms with Crippen LogP contribution in [-0.2, 0) is 0 Å². The molecule has 0 amide bonds. The Balaban J connectivity index is 1.30. The number of halogens is 2. The molecule has 2 unspecified atom stereocenters. The highest BCUT2D eigenvalue weighted by Crippen LogP contribution is 2.39. The van der Waals surface area contributed by atoms with E-state index in [9.17, 15) is 0 Å². The summed E-state index contributed by atoms with van der Waals surface area (Å²) < 4.78 is 2.14. The number of anilines is 6. The maximum atomic E-state index is 3.61. The van der Waals surface area contributed by atoms with Gasteiger partial charge in [0.15, 0.2) is 0 Å². The lowest BCUT2D eigenvalue weighted by atomic mass is 9.98. The fourth-order valence-corrected chi connectivity index (χ4v) is 6.58. The Morgan fingerprint density at radius 2 is 0.604 bits per heavy atom. The topological polar surface area (TPSA) is 6.48 Å². The van der Waals surface area contributed by atoms with Crippen molar-refractivity contribution in [3.05, 3.63) is 166 Å². The monoisotopic (exact) mass is 756 g/mol. The van der Waals surface area contributed by atoms with Gasteiger partial charge in [0.05, 0.1) is 0 Å². The minimum Gasteiger partial charge on any atom is -0.311 e. The van der Waals surface area contributed by atoms with Gasteiger partial charge in [0.25, 0.3) is 0 Å². The molecular formula is C44H42Br2N2. The third kappa shape index (κ3) is 7.61. The molecular weight excluding hydrogens is 716 g/mol. The van der Waals surface area contributed by atoms with Crippen LogP contribution in [0, 0.1) is 0 Å². The minimum absolute atomic E-state index is 0.544. The molecule has 0 N–H and O–H groups in total. The Bertz CT molecular complexity index is 1750. The van der Waals surface area contributed by atoms with Gasteiger partial charge in [-0.25, -0.2) is 0 Å². The predicted molar refractivity (Wildman–Crippen MR) is 214 cm³/mol. The molecule has 0 spiro atoms. The first-order chi connectivity index (χ1) is 23.3. The van der Waals surface area contributed by atoms with Crippen LogP contribution in [0.1, 0.15) is 63.5 Å². The predicted octanol–water partition coefficient (Wildman–Crippen LogP) is 14.8. The summed E-state index contributed by atoms with van der Waals surface area (Å²) in [6.45, 7) is 9.06. The highest BCUT2D eigenvalue weighted by atomic mass is 79.9. The zero-order chi connectivity index (χ0) is 33.6. The fraction of sp³-hybridized carbons (Fsp3) is 0.182. The molecule has 6 rings (SSSR count). The molecule has 0 saturated carbocycles. The van der Waals surface area contributed by atoms with Crippen LogP contribution in [0.3, 0.4) is 0 Å². The van der Waals surface area contributed by atoms with Crippen LogP contribution in [0.2, 0.25) is 0 Å². The van der Waals surface area contributed by atoms with Crippen molar-refractivity contribution < 1.29 is 0 Å². The van der Waals surface area contributed by atoms with E-state index in [0.29, 0.717) is 11.8 Å². The lowest BCUT2D eigenvalue weighted by Crippen LogP contribution is -2.10. The van der Waals surface area contributed by atoms with E-state index in [-0.39, 0.29) is 0 Å². The van der Waals surface area contributed by atoms with E-state index in [0.717, 1.165) is 55.9 Å². The third-order valence-corrected chi connectivity index (χ3v) is 10.5. The number of rotatable bonds is 11. The summed E-state index contributed by atoms with van der Waals surface area (Å²) in [5.74, 6) is 1.09. The SMILES string of the molecule is CCC(C)c1ccc(N(c2ccc(Br)cc2)c2ccc(-c3ccc(N(c4ccc(Br)cc4)c4ccc(C(C)CC)cc4)cc3)cc2)cc1. The summed E-state index contributed by atoms with van der Waals surface area (Å²) in [6, 6.07) is 52.9. The number of hydrogen-bond acceptors (Lipinski definition) is 2. The summed E-state index contributed by atoms with van der Waals surface area (Å²) in [6.07, 6.45) is 2.26. The zero-order valence-corrected chi connectivity index (χ0v) is 31.2. The molecule has 6 aromatic carbocycles. The molecule has 0 aliphatic heterocycles. The molecule has 0 heterocycles. The van der Waals surface area contributed by atoms with Gasteiger partial charge in [-0.3, -0.25) is 0 Å². The average molecular weight is 759 g/mol. The second-order valence-electron chi connectivity index (χ2n) is 12.5. The van der Waals surface area contributed by atoms with Gasteiger partial charge in [-0.05, 0) is 144 Å². The maximum absolute atomic E-state index is 3.61. The van der Waals surface area contributed by atoms with E-state index in [4.69, 9.17) is 0 Å². The second-order valence-corrected chi connectivity index (χ2v) is 14.4. The molecule has 6 aromatic rings. The first-order valence-corrected chi connectivity index (χ1v) is 18.4. The standard InChI is InChI=1S/C44H42Br2N2/c1-5-31(3)33-7-19-39(20-8-33)47(43-27-15-37(45)16-28-43)41-23-11-35(12-24-41)36-13-25-42(26-14-36)48(44-29-17-38(46)18-30-44)40-21-9-34(10-22-40)32(4)6-2/h7-32H,5-6H2,1-4H3. The van der Waals surface area contributed by atoms with Crippen molar-refractivity contribution in [2.75, 3.05) is 9.80 Å². The number of hydrogen-bond donors (Lipinski definition) is 0. The molecule has 4 heteroatoms. The number of nitrogens with zero attached hydrogens (tertiary/aromatic N) is 2. The highest BCUT2D eigenvalue weighted by molar-refractivity contribution is 9.10. The molecule has 242 valence electrons. The average Bonchev–Trinajstić information content (AvgIpc) is 3.14. The fourth-order valence-electron chi connectivity index (χ4n) is 6.06. The molecule has 0 aromatic heterocycles. The van der Waals surface area contributed by atoms with Crippen LogP contribution in [0.25, 0.3) is 11.1 Å². The summed E-state index contributed by atoms with van der Waals surface area (Å²) in [5, 5.41) is 0. The first kappa shape index (κ1) is 33.8. The molecule has 0 bridgehead atoms. The van der Waals surface area contributed by atoms with E-state index in [1.165, 1.54) is 22.3 Å². The van der Waals surface area contributed by atoms with E-state index in [1.54, 1.807) is 0 Å². The summed E-state index contributed by atoms with van der Waals surface area (Å²) in [5.41, 5.74) is 11.9. The summed E-state index contributed by atoms with van der Waals surface area (Å²) >= 11 is 7.21. The van der Waals surface area contributed by atoms with Gasteiger partial charge >= 0.3 is 0 Å². The van der Waals surface area contributed by atoms with Crippen molar-refractivity contribution in [1.29, 1.82) is 0 Å². The molecule has 0 radical (unpaired) electrons. The van der Waals surface area contributed by atoms with Crippen molar-refractivity contribution in [3.8, 4) is 11.1 Å². The van der Waals surface area contributed by atoms with Crippen molar-refractivity contribution in [3.63, 3.8) is 0 Å². The smallest absolute Gasteiger partial charge is 0.0462 e. The van der Waals surface area contributed by atoms with Crippen LogP contribution < -0.4 is 9.80 Å². The molecule has 2 atom stereocenters. The van der Waals surface area contributed by atoms with Crippen LogP contribution in [-0.4, -0.2) is 0 Å². The Hall–Kier alpha value is -4.12. The van der Waals surface area contributed by atoms with Crippen LogP contribution in [0.15, 0.2) is 155 Å². The van der Waals surface area contributed by atoms with E-state index in [2.05, 4.69) is 215 Å². The normalized spacial score (nSPS) is 12.4. The van der Waals surface area contributed by atoms with Crippen LogP contribution in [0.5, 0.6) is 0 Å². The van der Waals surface area contributed by atoms with Crippen LogP contribution in [0.4, 0.5) is 34.1 Å². The van der Waals surface area contributed by atoms with Gasteiger partial charge in [-0.15, -0.1) is 0 Å². The summed E-state index contributed by atoms with van der Waals surface area (Å²) in [7, 11) is 0. The minimum atomic E-state index is 0.544. The van der Waals surface area contributed by atoms with Crippen molar-refractivity contribution in [2.45, 2.75) is 52.4 Å². The lowest BCUT2D eigenvalue weighted by molar-refractivity contribution is 0.733. The van der Waals surface area contributed by atoms with Crippen molar-refractivity contribution in [1.82, 2.24) is 0 Å². The molecule has 0 aliphatic carbocycles. The van der Waals surface area contributed by atoms with Crippen molar-refractivity contribution in [2.24, 2.45) is 0 Å². The largest absolute Gasteiger partial charge is 0.311 e. The molecule has 0 saturated heterocycles. The Morgan fingerprint density at radius 1 is 0.375 bits per heavy atom. The van der Waals surface area contributed by atoms with Crippen LogP contribution >= 0.6 is 31.9 Å². The quantitative estimate of drug-likeness (QED) is 0.130. The van der Waals surface area contributed by atoms with Gasteiger partial charge in [-0.2, -0.15) is 0 Å². The second kappa shape index (κ2) is 15.4. The van der Waals surface area contributed by atoms with Gasteiger partial charge in [0, 0.05) is 43.1 Å². The highest BCUT2D eigenvalue weighted by Gasteiger charge is 2.16. The summed E-state index contributed by atoms with van der Waals surface area (Å²) in [4.78, 5) is 4.64. The molecule has 0 fully saturated rings. The Morgan fingerprint density at radius 3 is 0.854 bits per heavy atom. The molecule has 2 nitrogen and oxygen atoms in total. The Labute approximate surface area is 303 Å². The zero-order valence-electron chi connectivity index (χ0n) is 28.1. The third-order valence-electron chi connectivity index (χ3n) is 9.42. The van der Waals surface area contributed by atoms with Crippen molar-refractivity contribution >= 4 is 66.0 Å². The molecule has 48 heavy (non-hydrogen) atoms. The van der Waals surface area contributed by atoms with E-state index >= 15 is 0 Å². The van der Waals surface area contributed by atoms with Gasteiger partial charge in [0.1, 0.15) is 0 Å². The van der Waals surface area contributed by atoms with E-state index in [1.807, 2.05) is 0 Å². The Kier molecular flexibility index (Phi) is 10.8. The lowest BCUT2D eigenvalue weighted by Gasteiger charge is -2.27. The van der Waals surface area contributed by atoms with Gasteiger partial charge < -0.3 is 9.80 Å².